The van der Waals surface area contributed by atoms with Crippen molar-refractivity contribution in [2.24, 2.45) is 5.16 Å². The highest BCUT2D eigenvalue weighted by molar-refractivity contribution is 9.11. The topological polar surface area (TPSA) is 64.9 Å². The summed E-state index contributed by atoms with van der Waals surface area (Å²) in [4.78, 5) is 13.3. The minimum absolute atomic E-state index is 0.0386. The van der Waals surface area contributed by atoms with Crippen LogP contribution < -0.4 is 5.32 Å². The number of amides is 1. The Balaban J connectivity index is 2.21. The van der Waals surface area contributed by atoms with Crippen molar-refractivity contribution in [1.82, 2.24) is 10.2 Å². The minimum atomic E-state index is -0.163. The average molecular weight is 274 g/mol. The van der Waals surface area contributed by atoms with Gasteiger partial charge in [-0.2, -0.15) is 0 Å². The lowest BCUT2D eigenvalue weighted by Crippen LogP contribution is -2.51. The van der Waals surface area contributed by atoms with Gasteiger partial charge in [-0.15, -0.1) is 0 Å². The minimum Gasteiger partial charge on any atom is -0.411 e. The monoisotopic (exact) mass is 273 g/mol. The Hall–Kier alpha value is -0.880. The smallest absolute Gasteiger partial charge is 0.231 e. The van der Waals surface area contributed by atoms with Crippen LogP contribution in [0.15, 0.2) is 15.8 Å². The van der Waals surface area contributed by atoms with E-state index in [0.29, 0.717) is 25.1 Å². The van der Waals surface area contributed by atoms with Crippen molar-refractivity contribution in [3.8, 4) is 0 Å². The van der Waals surface area contributed by atoms with Gasteiger partial charge < -0.3 is 10.5 Å². The molecule has 0 radical (unpaired) electrons. The predicted molar refractivity (Wildman–Crippen MR) is 59.0 cm³/mol. The maximum Gasteiger partial charge on any atom is 0.231 e. The van der Waals surface area contributed by atoms with Gasteiger partial charge in [0.05, 0.1) is 16.4 Å². The second kappa shape index (κ2) is 4.32. The molecule has 2 rings (SSSR count). The summed E-state index contributed by atoms with van der Waals surface area (Å²) in [6, 6.07) is -0.163. The summed E-state index contributed by atoms with van der Waals surface area (Å²) in [5.41, 5.74) is 0.661. The Morgan fingerprint density at radius 1 is 1.67 bits per heavy atom. The second-order valence-corrected chi connectivity index (χ2v) is 4.37. The number of hydrogen-bond donors (Lipinski definition) is 2. The van der Waals surface area contributed by atoms with E-state index in [1.54, 1.807) is 4.90 Å². The van der Waals surface area contributed by atoms with Crippen LogP contribution >= 0.6 is 15.9 Å². The molecule has 82 valence electrons. The molecule has 1 fully saturated rings. The van der Waals surface area contributed by atoms with E-state index in [1.807, 2.05) is 6.08 Å². The van der Waals surface area contributed by atoms with Gasteiger partial charge in [-0.25, -0.2) is 0 Å². The Morgan fingerprint density at radius 3 is 3.07 bits per heavy atom. The molecule has 6 heteroatoms. The first kappa shape index (κ1) is 10.6. The first-order valence-corrected chi connectivity index (χ1v) is 5.62. The largest absolute Gasteiger partial charge is 0.411 e. The van der Waals surface area contributed by atoms with Gasteiger partial charge in [-0.05, 0) is 22.0 Å². The molecule has 15 heavy (non-hydrogen) atoms. The normalized spacial score (nSPS) is 29.8. The third-order valence-electron chi connectivity index (χ3n) is 2.66. The van der Waals surface area contributed by atoms with Crippen molar-refractivity contribution in [2.45, 2.75) is 18.9 Å². The van der Waals surface area contributed by atoms with E-state index in [4.69, 9.17) is 5.21 Å². The third kappa shape index (κ3) is 1.91. The van der Waals surface area contributed by atoms with E-state index < -0.39 is 0 Å². The first-order valence-electron chi connectivity index (χ1n) is 4.83. The molecular weight excluding hydrogens is 262 g/mol. The number of piperidine rings is 1. The average Bonchev–Trinajstić information content (AvgIpc) is 2.59. The molecule has 0 bridgehead atoms. The van der Waals surface area contributed by atoms with Crippen molar-refractivity contribution in [3.05, 3.63) is 10.7 Å². The van der Waals surface area contributed by atoms with Crippen LogP contribution in [0.4, 0.5) is 0 Å². The quantitative estimate of drug-likeness (QED) is 0.419. The van der Waals surface area contributed by atoms with E-state index in [2.05, 4.69) is 26.4 Å². The molecule has 0 saturated carbocycles. The Labute approximate surface area is 95.9 Å². The Bertz CT molecular complexity index is 340. The van der Waals surface area contributed by atoms with Crippen LogP contribution in [0.5, 0.6) is 0 Å². The number of halogens is 1. The molecule has 0 aliphatic carbocycles. The van der Waals surface area contributed by atoms with Gasteiger partial charge in [-0.3, -0.25) is 9.69 Å². The molecule has 1 saturated heterocycles. The highest BCUT2D eigenvalue weighted by atomic mass is 79.9. The zero-order valence-corrected chi connectivity index (χ0v) is 9.70. The Morgan fingerprint density at radius 2 is 2.47 bits per heavy atom. The third-order valence-corrected chi connectivity index (χ3v) is 3.37. The summed E-state index contributed by atoms with van der Waals surface area (Å²) in [5, 5.41) is 15.3. The number of carbonyl (C=O) groups excluding carboxylic acids is 1. The van der Waals surface area contributed by atoms with Crippen molar-refractivity contribution < 1.29 is 10.0 Å². The number of hydrogen-bond acceptors (Lipinski definition) is 4. The fourth-order valence-electron chi connectivity index (χ4n) is 1.91. The molecule has 1 atom stereocenters. The number of rotatable bonds is 1. The van der Waals surface area contributed by atoms with Crippen LogP contribution in [0.2, 0.25) is 0 Å². The van der Waals surface area contributed by atoms with Gasteiger partial charge in [0, 0.05) is 25.9 Å². The van der Waals surface area contributed by atoms with Gasteiger partial charge >= 0.3 is 0 Å². The zero-order valence-electron chi connectivity index (χ0n) is 8.11. The molecule has 1 unspecified atom stereocenters. The van der Waals surface area contributed by atoms with E-state index in [1.165, 1.54) is 0 Å². The van der Waals surface area contributed by atoms with Crippen LogP contribution in [-0.4, -0.2) is 40.9 Å². The van der Waals surface area contributed by atoms with Crippen LogP contribution in [0, 0.1) is 0 Å². The van der Waals surface area contributed by atoms with Crippen LogP contribution in [-0.2, 0) is 4.79 Å². The summed E-state index contributed by atoms with van der Waals surface area (Å²) in [5.74, 6) is 0.0386. The highest BCUT2D eigenvalue weighted by Crippen LogP contribution is 2.26. The maximum atomic E-state index is 11.6. The second-order valence-electron chi connectivity index (χ2n) is 3.56. The van der Waals surface area contributed by atoms with Crippen molar-refractivity contribution in [2.75, 3.05) is 13.1 Å². The van der Waals surface area contributed by atoms with E-state index in [0.717, 1.165) is 11.2 Å². The fourth-order valence-corrected chi connectivity index (χ4v) is 2.51. The van der Waals surface area contributed by atoms with Crippen LogP contribution in [0.25, 0.3) is 0 Å². The molecule has 0 aromatic rings. The molecule has 2 aliphatic heterocycles. The van der Waals surface area contributed by atoms with E-state index >= 15 is 0 Å². The molecule has 2 N–H and O–H groups in total. The van der Waals surface area contributed by atoms with Gasteiger partial charge in [0.25, 0.3) is 0 Å². The van der Waals surface area contributed by atoms with Gasteiger partial charge in [0.1, 0.15) is 0 Å². The lowest BCUT2D eigenvalue weighted by Gasteiger charge is -2.32. The van der Waals surface area contributed by atoms with Crippen molar-refractivity contribution in [3.63, 3.8) is 0 Å². The lowest BCUT2D eigenvalue weighted by molar-refractivity contribution is -0.127. The SMILES string of the molecule is O=C1CC=C(Br)N1C1CNCCC1=NO. The van der Waals surface area contributed by atoms with Gasteiger partial charge in [0.2, 0.25) is 5.91 Å². The van der Waals surface area contributed by atoms with Gasteiger partial charge in [0.15, 0.2) is 0 Å². The Kier molecular flexibility index (Phi) is 3.06. The molecule has 2 aliphatic rings. The predicted octanol–water partition coefficient (Wildman–Crippen LogP) is 0.647. The summed E-state index contributed by atoms with van der Waals surface area (Å²) in [6.07, 6.45) is 2.91. The highest BCUT2D eigenvalue weighted by Gasteiger charge is 2.34. The van der Waals surface area contributed by atoms with Crippen LogP contribution in [0.3, 0.4) is 0 Å². The summed E-state index contributed by atoms with van der Waals surface area (Å²) in [7, 11) is 0. The van der Waals surface area contributed by atoms with Gasteiger partial charge in [-0.1, -0.05) is 5.16 Å². The maximum absolute atomic E-state index is 11.6. The van der Waals surface area contributed by atoms with Crippen molar-refractivity contribution >= 4 is 27.5 Å². The zero-order chi connectivity index (χ0) is 10.8. The molecular formula is C9H12BrN3O2. The standard InChI is InChI=1S/C9H12BrN3O2/c10-8-1-2-9(14)13(8)7-5-11-4-3-6(7)12-15/h1,7,11,15H,2-5H2. The molecule has 5 nitrogen and oxygen atoms in total. The number of nitrogens with zero attached hydrogens (tertiary/aromatic N) is 2. The van der Waals surface area contributed by atoms with Crippen molar-refractivity contribution in [1.29, 1.82) is 0 Å². The fraction of sp³-hybridized carbons (Fsp3) is 0.556. The van der Waals surface area contributed by atoms with E-state index in [9.17, 15) is 4.79 Å². The number of oxime groups is 1. The number of carbonyl (C=O) groups is 1. The summed E-state index contributed by atoms with van der Waals surface area (Å²) >= 11 is 3.34. The number of nitrogens with one attached hydrogen (secondary N) is 1. The van der Waals surface area contributed by atoms with E-state index in [-0.39, 0.29) is 11.9 Å². The summed E-state index contributed by atoms with van der Waals surface area (Å²) in [6.45, 7) is 1.42. The lowest BCUT2D eigenvalue weighted by atomic mass is 10.0. The molecule has 2 heterocycles. The first-order chi connectivity index (χ1) is 7.24. The summed E-state index contributed by atoms with van der Waals surface area (Å²) < 4.78 is 0.766. The molecule has 0 spiro atoms. The van der Waals surface area contributed by atoms with Crippen LogP contribution in [0.1, 0.15) is 12.8 Å². The molecule has 1 amide bonds. The molecule has 0 aromatic carbocycles. The molecule has 0 aromatic heterocycles.